The van der Waals surface area contributed by atoms with Gasteiger partial charge in [0.1, 0.15) is 0 Å². The molecule has 0 saturated carbocycles. The van der Waals surface area contributed by atoms with Gasteiger partial charge in [0.25, 0.3) is 5.91 Å². The second-order valence-corrected chi connectivity index (χ2v) is 8.08. The Morgan fingerprint density at radius 2 is 1.65 bits per heavy atom. The molecule has 0 unspecified atom stereocenters. The zero-order valence-electron chi connectivity index (χ0n) is 14.1. The van der Waals surface area contributed by atoms with E-state index in [2.05, 4.69) is 0 Å². The predicted octanol–water partition coefficient (Wildman–Crippen LogP) is 2.62. The number of carbonyl (C=O) groups is 2. The van der Waals surface area contributed by atoms with Gasteiger partial charge in [-0.1, -0.05) is 42.0 Å². The van der Waals surface area contributed by atoms with Gasteiger partial charge in [0.2, 0.25) is 0 Å². The van der Waals surface area contributed by atoms with Crippen LogP contribution in [-0.2, 0) is 25.8 Å². The summed E-state index contributed by atoms with van der Waals surface area (Å²) in [6.07, 6.45) is 0.990. The van der Waals surface area contributed by atoms with Crippen LogP contribution in [-0.4, -0.2) is 26.2 Å². The molecule has 6 nitrogen and oxygen atoms in total. The summed E-state index contributed by atoms with van der Waals surface area (Å²) in [6.45, 7) is 1.98. The van der Waals surface area contributed by atoms with Gasteiger partial charge in [0.05, 0.1) is 10.6 Å². The minimum absolute atomic E-state index is 0.0104. The Labute approximate surface area is 151 Å². The van der Waals surface area contributed by atoms with Crippen molar-refractivity contribution in [3.05, 3.63) is 71.0 Å². The van der Waals surface area contributed by atoms with Crippen molar-refractivity contribution < 1.29 is 22.7 Å². The van der Waals surface area contributed by atoms with E-state index in [-0.39, 0.29) is 16.4 Å². The average molecular weight is 371 g/mol. The van der Waals surface area contributed by atoms with Crippen molar-refractivity contribution in [1.29, 1.82) is 0 Å². The number of benzene rings is 2. The van der Waals surface area contributed by atoms with Crippen LogP contribution in [0.4, 0.5) is 4.79 Å². The minimum atomic E-state index is -3.42. The molecular formula is C19H17NO5S. The molecule has 2 aromatic rings. The van der Waals surface area contributed by atoms with Crippen LogP contribution in [0.5, 0.6) is 0 Å². The number of amides is 2. The third-order valence-corrected chi connectivity index (χ3v) is 5.69. The number of hydrogen-bond donors (Lipinski definition) is 1. The van der Waals surface area contributed by atoms with Crippen molar-refractivity contribution in [3.63, 3.8) is 0 Å². The van der Waals surface area contributed by atoms with E-state index >= 15 is 0 Å². The smallest absolute Gasteiger partial charge is 0.404 e. The van der Waals surface area contributed by atoms with E-state index in [4.69, 9.17) is 4.74 Å². The lowest BCUT2D eigenvalue weighted by atomic mass is 10.1. The fraction of sp³-hybridized carbons (Fsp3) is 0.158. The molecule has 2 amide bonds. The third-order valence-electron chi connectivity index (χ3n) is 3.96. The number of rotatable bonds is 5. The van der Waals surface area contributed by atoms with E-state index in [1.165, 1.54) is 18.2 Å². The van der Waals surface area contributed by atoms with Gasteiger partial charge in [0.15, 0.2) is 15.6 Å². The molecule has 0 spiro atoms. The van der Waals surface area contributed by atoms with Gasteiger partial charge in [-0.25, -0.2) is 13.2 Å². The van der Waals surface area contributed by atoms with Crippen molar-refractivity contribution in [3.8, 4) is 0 Å². The quantitative estimate of drug-likeness (QED) is 0.816. The molecule has 1 saturated heterocycles. The number of carbonyl (C=O) groups excluding carboxylic acids is 2. The van der Waals surface area contributed by atoms with Gasteiger partial charge in [-0.2, -0.15) is 0 Å². The van der Waals surface area contributed by atoms with Crippen molar-refractivity contribution in [2.45, 2.75) is 18.2 Å². The van der Waals surface area contributed by atoms with Gasteiger partial charge in [-0.3, -0.25) is 10.1 Å². The second-order valence-electron chi connectivity index (χ2n) is 5.98. The number of aryl methyl sites for hydroxylation is 2. The third kappa shape index (κ3) is 4.18. The molecule has 1 aliphatic heterocycles. The van der Waals surface area contributed by atoms with Gasteiger partial charge in [-0.05, 0) is 42.7 Å². The van der Waals surface area contributed by atoms with E-state index in [0.29, 0.717) is 12.0 Å². The first-order valence-electron chi connectivity index (χ1n) is 7.97. The average Bonchev–Trinajstić information content (AvgIpc) is 2.92. The Kier molecular flexibility index (Phi) is 4.90. The first kappa shape index (κ1) is 17.9. The number of ether oxygens (including phenoxy) is 1. The maximum atomic E-state index is 12.5. The molecule has 1 aliphatic rings. The Bertz CT molecular complexity index is 974. The molecule has 0 bridgehead atoms. The summed E-state index contributed by atoms with van der Waals surface area (Å²) in [5.41, 5.74) is 2.65. The standard InChI is InChI=1S/C19H17NO5S/c1-13-2-4-14(5-3-13)10-11-26(23,24)16-8-6-15(7-9-16)12-17-18(21)20-19(22)25-17/h2-9,12H,10-11H2,1H3,(H,20,21,22)/b17-12+. The van der Waals surface area contributed by atoms with Crippen LogP contribution in [0.3, 0.4) is 0 Å². The number of nitrogens with one attached hydrogen (secondary N) is 1. The Morgan fingerprint density at radius 3 is 2.23 bits per heavy atom. The Hall–Kier alpha value is -2.93. The van der Waals surface area contributed by atoms with E-state index in [9.17, 15) is 18.0 Å². The summed E-state index contributed by atoms with van der Waals surface area (Å²) in [4.78, 5) is 22.6. The summed E-state index contributed by atoms with van der Waals surface area (Å²) in [5.74, 6) is -0.731. The largest absolute Gasteiger partial charge is 0.419 e. The van der Waals surface area contributed by atoms with Crippen LogP contribution in [0.2, 0.25) is 0 Å². The van der Waals surface area contributed by atoms with Crippen molar-refractivity contribution in [2.75, 3.05) is 5.75 Å². The zero-order chi connectivity index (χ0) is 18.7. The van der Waals surface area contributed by atoms with Crippen LogP contribution in [0.15, 0.2) is 59.2 Å². The highest BCUT2D eigenvalue weighted by atomic mass is 32.2. The molecular weight excluding hydrogens is 354 g/mol. The highest BCUT2D eigenvalue weighted by Gasteiger charge is 2.26. The maximum Gasteiger partial charge on any atom is 0.419 e. The van der Waals surface area contributed by atoms with E-state index in [1.54, 1.807) is 12.1 Å². The molecule has 1 N–H and O–H groups in total. The van der Waals surface area contributed by atoms with Crippen LogP contribution in [0.25, 0.3) is 6.08 Å². The van der Waals surface area contributed by atoms with Crippen molar-refractivity contribution in [1.82, 2.24) is 5.32 Å². The molecule has 2 aromatic carbocycles. The lowest BCUT2D eigenvalue weighted by Crippen LogP contribution is -2.18. The van der Waals surface area contributed by atoms with Crippen molar-refractivity contribution in [2.24, 2.45) is 0 Å². The lowest BCUT2D eigenvalue weighted by molar-refractivity contribution is -0.116. The summed E-state index contributed by atoms with van der Waals surface area (Å²) >= 11 is 0. The minimum Gasteiger partial charge on any atom is -0.404 e. The highest BCUT2D eigenvalue weighted by molar-refractivity contribution is 7.91. The Morgan fingerprint density at radius 1 is 1.00 bits per heavy atom. The normalized spacial score (nSPS) is 15.8. The number of sulfone groups is 1. The van der Waals surface area contributed by atoms with Crippen LogP contribution >= 0.6 is 0 Å². The molecule has 26 heavy (non-hydrogen) atoms. The van der Waals surface area contributed by atoms with Gasteiger partial charge < -0.3 is 4.74 Å². The topological polar surface area (TPSA) is 89.5 Å². The molecule has 7 heteroatoms. The maximum absolute atomic E-state index is 12.5. The molecule has 0 aromatic heterocycles. The SMILES string of the molecule is Cc1ccc(CCS(=O)(=O)c2ccc(/C=C3/OC(=O)NC3=O)cc2)cc1. The van der Waals surface area contributed by atoms with Gasteiger partial charge in [-0.15, -0.1) is 0 Å². The molecule has 134 valence electrons. The molecule has 1 heterocycles. The van der Waals surface area contributed by atoms with E-state index in [1.807, 2.05) is 36.5 Å². The van der Waals surface area contributed by atoms with Crippen molar-refractivity contribution >= 4 is 27.9 Å². The lowest BCUT2D eigenvalue weighted by Gasteiger charge is -2.06. The van der Waals surface area contributed by atoms with Crippen LogP contribution < -0.4 is 5.32 Å². The monoisotopic (exact) mass is 371 g/mol. The predicted molar refractivity (Wildman–Crippen MR) is 96.0 cm³/mol. The molecule has 3 rings (SSSR count). The zero-order valence-corrected chi connectivity index (χ0v) is 14.9. The summed E-state index contributed by atoms with van der Waals surface area (Å²) < 4.78 is 29.7. The fourth-order valence-electron chi connectivity index (χ4n) is 2.47. The second kappa shape index (κ2) is 7.13. The number of imide groups is 1. The van der Waals surface area contributed by atoms with Gasteiger partial charge in [0, 0.05) is 0 Å². The van der Waals surface area contributed by atoms with Crippen LogP contribution in [0, 0.1) is 6.92 Å². The first-order chi connectivity index (χ1) is 12.3. The summed E-state index contributed by atoms with van der Waals surface area (Å²) in [7, 11) is -3.42. The number of hydrogen-bond acceptors (Lipinski definition) is 5. The molecule has 0 aliphatic carbocycles. The molecule has 1 fully saturated rings. The highest BCUT2D eigenvalue weighted by Crippen LogP contribution is 2.17. The van der Waals surface area contributed by atoms with Crippen LogP contribution in [0.1, 0.15) is 16.7 Å². The summed E-state index contributed by atoms with van der Waals surface area (Å²) in [6, 6.07) is 13.8. The Balaban J connectivity index is 1.70. The van der Waals surface area contributed by atoms with E-state index < -0.39 is 21.8 Å². The van der Waals surface area contributed by atoms with E-state index in [0.717, 1.165) is 11.1 Å². The number of cyclic esters (lactones) is 1. The van der Waals surface area contributed by atoms with Gasteiger partial charge >= 0.3 is 6.09 Å². The molecule has 0 radical (unpaired) electrons. The molecule has 0 atom stereocenters. The summed E-state index contributed by atoms with van der Waals surface area (Å²) in [5, 5.41) is 1.99. The first-order valence-corrected chi connectivity index (χ1v) is 9.62. The number of alkyl carbamates (subject to hydrolysis) is 1. The fourth-order valence-corrected chi connectivity index (χ4v) is 3.76.